The molecule has 6 heteroatoms. The third-order valence-corrected chi connectivity index (χ3v) is 7.10. The molecule has 6 rings (SSSR count). The highest BCUT2D eigenvalue weighted by atomic mass is 35.5. The molecule has 0 aliphatic carbocycles. The molecule has 0 radical (unpaired) electrons. The fourth-order valence-electron chi connectivity index (χ4n) is 5.12. The van der Waals surface area contributed by atoms with Gasteiger partial charge in [0.1, 0.15) is 11.6 Å². The Bertz CT molecular complexity index is 1540. The summed E-state index contributed by atoms with van der Waals surface area (Å²) in [5.74, 6) is 2.01. The lowest BCUT2D eigenvalue weighted by Crippen LogP contribution is -2.24. The third-order valence-electron chi connectivity index (χ3n) is 6.85. The van der Waals surface area contributed by atoms with Crippen molar-refractivity contribution >= 4 is 45.0 Å². The molecule has 1 unspecified atom stereocenters. The second-order valence-electron chi connectivity index (χ2n) is 9.17. The molecule has 0 saturated carbocycles. The Labute approximate surface area is 214 Å². The molecule has 1 aliphatic heterocycles. The topological polar surface area (TPSA) is 47.4 Å². The zero-order valence-electron chi connectivity index (χ0n) is 19.8. The van der Waals surface area contributed by atoms with E-state index in [-0.39, 0.29) is 11.8 Å². The van der Waals surface area contributed by atoms with Crippen LogP contribution < -0.4 is 9.64 Å². The number of carbonyl (C=O) groups is 1. The zero-order valence-corrected chi connectivity index (χ0v) is 20.6. The van der Waals surface area contributed by atoms with E-state index in [0.717, 1.165) is 46.6 Å². The second-order valence-corrected chi connectivity index (χ2v) is 9.61. The predicted molar refractivity (Wildman–Crippen MR) is 145 cm³/mol. The molecule has 0 bridgehead atoms. The minimum atomic E-state index is 0.0274. The summed E-state index contributed by atoms with van der Waals surface area (Å²) in [7, 11) is 0. The number of rotatable bonds is 7. The summed E-state index contributed by atoms with van der Waals surface area (Å²) in [6.07, 6.45) is 1.27. The number of aryl methyl sites for hydroxylation is 1. The van der Waals surface area contributed by atoms with E-state index in [0.29, 0.717) is 24.6 Å². The zero-order chi connectivity index (χ0) is 24.5. The highest BCUT2D eigenvalue weighted by Gasteiger charge is 2.34. The monoisotopic (exact) mass is 495 g/mol. The van der Waals surface area contributed by atoms with Crippen molar-refractivity contribution in [2.75, 3.05) is 18.1 Å². The maximum atomic E-state index is 12.9. The van der Waals surface area contributed by atoms with Crippen molar-refractivity contribution in [1.82, 2.24) is 9.55 Å². The van der Waals surface area contributed by atoms with E-state index in [2.05, 4.69) is 28.8 Å². The SMILES string of the molecule is O=C1CC(c2nc3ccccc3n2CCCOc2cccc3ccccc23)CN1c1ccc(Cl)cc1. The number of anilines is 1. The fraction of sp³-hybridized carbons (Fsp3) is 0.200. The molecule has 1 atom stereocenters. The van der Waals surface area contributed by atoms with Gasteiger partial charge in [-0.15, -0.1) is 0 Å². The smallest absolute Gasteiger partial charge is 0.227 e. The van der Waals surface area contributed by atoms with E-state index in [4.69, 9.17) is 21.3 Å². The Morgan fingerprint density at radius 1 is 0.917 bits per heavy atom. The van der Waals surface area contributed by atoms with Crippen LogP contribution in [0.2, 0.25) is 5.02 Å². The van der Waals surface area contributed by atoms with Gasteiger partial charge < -0.3 is 14.2 Å². The van der Waals surface area contributed by atoms with Gasteiger partial charge in [-0.05, 0) is 54.3 Å². The standard InChI is InChI=1S/C30H26ClN3O2/c31-23-13-15-24(16-14-23)34-20-22(19-29(34)35)30-32-26-10-3-4-11-27(26)33(30)17-6-18-36-28-12-5-8-21-7-1-2-9-25(21)28/h1-5,7-16,22H,6,17-20H2. The summed E-state index contributed by atoms with van der Waals surface area (Å²) < 4.78 is 8.46. The lowest BCUT2D eigenvalue weighted by molar-refractivity contribution is -0.117. The number of ether oxygens (including phenoxy) is 1. The molecule has 0 N–H and O–H groups in total. The van der Waals surface area contributed by atoms with Gasteiger partial charge in [-0.2, -0.15) is 0 Å². The molecule has 0 spiro atoms. The van der Waals surface area contributed by atoms with Crippen LogP contribution in [0.5, 0.6) is 5.75 Å². The van der Waals surface area contributed by atoms with Crippen molar-refractivity contribution < 1.29 is 9.53 Å². The lowest BCUT2D eigenvalue weighted by Gasteiger charge is -2.17. The molecule has 1 amide bonds. The number of hydrogen-bond donors (Lipinski definition) is 0. The Hall–Kier alpha value is -3.83. The Morgan fingerprint density at radius 3 is 2.58 bits per heavy atom. The number of carbonyl (C=O) groups excluding carboxylic acids is 1. The van der Waals surface area contributed by atoms with E-state index in [1.54, 1.807) is 0 Å². The Morgan fingerprint density at radius 2 is 1.69 bits per heavy atom. The van der Waals surface area contributed by atoms with Crippen LogP contribution in [0.25, 0.3) is 21.8 Å². The number of amides is 1. The van der Waals surface area contributed by atoms with Crippen LogP contribution in [-0.4, -0.2) is 28.6 Å². The van der Waals surface area contributed by atoms with Gasteiger partial charge in [-0.3, -0.25) is 4.79 Å². The first-order chi connectivity index (χ1) is 17.7. The molecule has 5 nitrogen and oxygen atoms in total. The van der Waals surface area contributed by atoms with Crippen LogP contribution in [0.4, 0.5) is 5.69 Å². The van der Waals surface area contributed by atoms with Gasteiger partial charge in [-0.25, -0.2) is 4.98 Å². The molecule has 1 aliphatic rings. The number of imidazole rings is 1. The van der Waals surface area contributed by atoms with Crippen molar-refractivity contribution in [3.8, 4) is 5.75 Å². The molecular formula is C30H26ClN3O2. The first-order valence-corrected chi connectivity index (χ1v) is 12.7. The van der Waals surface area contributed by atoms with Gasteiger partial charge in [0.05, 0.1) is 17.6 Å². The fourth-order valence-corrected chi connectivity index (χ4v) is 5.24. The highest BCUT2D eigenvalue weighted by Crippen LogP contribution is 2.34. The van der Waals surface area contributed by atoms with Crippen LogP contribution >= 0.6 is 11.6 Å². The number of nitrogens with zero attached hydrogens (tertiary/aromatic N) is 3. The van der Waals surface area contributed by atoms with Gasteiger partial charge in [0.15, 0.2) is 0 Å². The lowest BCUT2D eigenvalue weighted by atomic mass is 10.1. The largest absolute Gasteiger partial charge is 0.493 e. The van der Waals surface area contributed by atoms with Crippen molar-refractivity contribution in [1.29, 1.82) is 0 Å². The van der Waals surface area contributed by atoms with Crippen molar-refractivity contribution in [3.05, 3.63) is 102 Å². The summed E-state index contributed by atoms with van der Waals surface area (Å²) in [6, 6.07) is 30.1. The first kappa shape index (κ1) is 22.6. The average Bonchev–Trinajstić information content (AvgIpc) is 3.47. The van der Waals surface area contributed by atoms with Gasteiger partial charge in [0.25, 0.3) is 0 Å². The number of benzene rings is 4. The quantitative estimate of drug-likeness (QED) is 0.232. The minimum absolute atomic E-state index is 0.0274. The molecule has 5 aromatic rings. The maximum Gasteiger partial charge on any atom is 0.227 e. The predicted octanol–water partition coefficient (Wildman–Crippen LogP) is 6.83. The summed E-state index contributed by atoms with van der Waals surface area (Å²) in [5, 5.41) is 2.96. The minimum Gasteiger partial charge on any atom is -0.493 e. The molecule has 180 valence electrons. The number of fused-ring (bicyclic) bond motifs is 2. The molecule has 1 aromatic heterocycles. The average molecular weight is 496 g/mol. The van der Waals surface area contributed by atoms with Crippen molar-refractivity contribution in [2.24, 2.45) is 0 Å². The van der Waals surface area contributed by atoms with Crippen LogP contribution in [0.1, 0.15) is 24.6 Å². The highest BCUT2D eigenvalue weighted by molar-refractivity contribution is 6.30. The van der Waals surface area contributed by atoms with Crippen LogP contribution in [-0.2, 0) is 11.3 Å². The maximum absolute atomic E-state index is 12.9. The number of para-hydroxylation sites is 2. The van der Waals surface area contributed by atoms with E-state index >= 15 is 0 Å². The van der Waals surface area contributed by atoms with Crippen molar-refractivity contribution in [2.45, 2.75) is 25.3 Å². The van der Waals surface area contributed by atoms with E-state index in [1.807, 2.05) is 71.6 Å². The summed E-state index contributed by atoms with van der Waals surface area (Å²) in [4.78, 5) is 19.7. The second kappa shape index (κ2) is 9.67. The van der Waals surface area contributed by atoms with E-state index in [1.165, 1.54) is 5.39 Å². The summed E-state index contributed by atoms with van der Waals surface area (Å²) in [6.45, 7) is 1.98. The van der Waals surface area contributed by atoms with Gasteiger partial charge >= 0.3 is 0 Å². The number of aromatic nitrogens is 2. The Kier molecular flexibility index (Phi) is 6.08. The van der Waals surface area contributed by atoms with Gasteiger partial charge in [-0.1, -0.05) is 60.1 Å². The van der Waals surface area contributed by atoms with Gasteiger partial charge in [0.2, 0.25) is 5.91 Å². The Balaban J connectivity index is 1.21. The molecule has 4 aromatic carbocycles. The van der Waals surface area contributed by atoms with Crippen molar-refractivity contribution in [3.63, 3.8) is 0 Å². The first-order valence-electron chi connectivity index (χ1n) is 12.3. The van der Waals surface area contributed by atoms with E-state index < -0.39 is 0 Å². The molecule has 1 fully saturated rings. The van der Waals surface area contributed by atoms with Crippen LogP contribution in [0.3, 0.4) is 0 Å². The summed E-state index contributed by atoms with van der Waals surface area (Å²) >= 11 is 6.05. The van der Waals surface area contributed by atoms with Crippen LogP contribution in [0, 0.1) is 0 Å². The van der Waals surface area contributed by atoms with Gasteiger partial charge in [0, 0.05) is 41.5 Å². The molecule has 36 heavy (non-hydrogen) atoms. The normalized spacial score (nSPS) is 15.8. The van der Waals surface area contributed by atoms with Crippen LogP contribution in [0.15, 0.2) is 91.0 Å². The number of halogens is 1. The molecular weight excluding hydrogens is 470 g/mol. The molecule has 1 saturated heterocycles. The van der Waals surface area contributed by atoms with E-state index in [9.17, 15) is 4.79 Å². The third kappa shape index (κ3) is 4.31. The number of hydrogen-bond acceptors (Lipinski definition) is 3. The molecule has 2 heterocycles. The summed E-state index contributed by atoms with van der Waals surface area (Å²) in [5.41, 5.74) is 2.92.